The summed E-state index contributed by atoms with van der Waals surface area (Å²) in [6.45, 7) is 5.70. The topological polar surface area (TPSA) is 58.7 Å². The van der Waals surface area contributed by atoms with Gasteiger partial charge < -0.3 is 15.6 Å². The van der Waals surface area contributed by atoms with E-state index < -0.39 is 0 Å². The van der Waals surface area contributed by atoms with Gasteiger partial charge in [-0.05, 0) is 44.0 Å². The highest BCUT2D eigenvalue weighted by Gasteiger charge is 2.20. The van der Waals surface area contributed by atoms with E-state index in [1.165, 1.54) is 0 Å². The number of nitrogen functional groups attached to an aromatic ring is 1. The van der Waals surface area contributed by atoms with Crippen molar-refractivity contribution in [2.75, 3.05) is 25.4 Å². The van der Waals surface area contributed by atoms with Crippen molar-refractivity contribution < 1.29 is 9.84 Å². The normalized spacial score (nSPS) is 20.6. The summed E-state index contributed by atoms with van der Waals surface area (Å²) in [6, 6.07) is 5.24. The Hall–Kier alpha value is -1.26. The molecule has 0 amide bonds. The summed E-state index contributed by atoms with van der Waals surface area (Å²) in [7, 11) is 0. The standard InChI is InChI=1S/C15H24N2O2/c1-2-8-19-14-4-3-7-17(11-14)10-12-9-13(16)5-6-15(12)18/h5-6,9,14,18H,2-4,7-8,10-11,16H2,1H3. The van der Waals surface area contributed by atoms with Crippen molar-refractivity contribution in [2.45, 2.75) is 38.8 Å². The molecule has 4 heteroatoms. The Kier molecular flexibility index (Phi) is 5.05. The van der Waals surface area contributed by atoms with Gasteiger partial charge >= 0.3 is 0 Å². The van der Waals surface area contributed by atoms with E-state index in [1.54, 1.807) is 12.1 Å². The number of phenolic OH excluding ortho intramolecular Hbond substituents is 1. The summed E-state index contributed by atoms with van der Waals surface area (Å²) in [4.78, 5) is 2.33. The van der Waals surface area contributed by atoms with E-state index in [-0.39, 0.29) is 0 Å². The average Bonchev–Trinajstić information content (AvgIpc) is 2.41. The van der Waals surface area contributed by atoms with E-state index in [9.17, 15) is 5.11 Å². The summed E-state index contributed by atoms with van der Waals surface area (Å²) < 4.78 is 5.83. The molecule has 0 bridgehead atoms. The third-order valence-electron chi connectivity index (χ3n) is 3.52. The molecule has 1 aliphatic heterocycles. The zero-order valence-corrected chi connectivity index (χ0v) is 11.6. The number of nitrogens with two attached hydrogens (primary N) is 1. The van der Waals surface area contributed by atoms with Crippen LogP contribution in [0.2, 0.25) is 0 Å². The van der Waals surface area contributed by atoms with Gasteiger partial charge in [-0.3, -0.25) is 4.90 Å². The smallest absolute Gasteiger partial charge is 0.120 e. The molecule has 19 heavy (non-hydrogen) atoms. The predicted molar refractivity (Wildman–Crippen MR) is 77.1 cm³/mol. The summed E-state index contributed by atoms with van der Waals surface area (Å²) in [5, 5.41) is 9.86. The van der Waals surface area contributed by atoms with Crippen LogP contribution in [0, 0.1) is 0 Å². The average molecular weight is 264 g/mol. The van der Waals surface area contributed by atoms with Crippen LogP contribution in [0.4, 0.5) is 5.69 Å². The van der Waals surface area contributed by atoms with Crippen LogP contribution >= 0.6 is 0 Å². The van der Waals surface area contributed by atoms with E-state index in [0.717, 1.165) is 51.1 Å². The Labute approximate surface area is 115 Å². The van der Waals surface area contributed by atoms with Gasteiger partial charge in [0, 0.05) is 30.9 Å². The van der Waals surface area contributed by atoms with Gasteiger partial charge in [0.2, 0.25) is 0 Å². The molecule has 1 aromatic carbocycles. The number of hydrogen-bond acceptors (Lipinski definition) is 4. The first-order chi connectivity index (χ1) is 9.19. The lowest BCUT2D eigenvalue weighted by molar-refractivity contribution is -0.00238. The van der Waals surface area contributed by atoms with Crippen molar-refractivity contribution in [2.24, 2.45) is 0 Å². The second-order valence-corrected chi connectivity index (χ2v) is 5.26. The predicted octanol–water partition coefficient (Wildman–Crippen LogP) is 2.37. The third-order valence-corrected chi connectivity index (χ3v) is 3.52. The van der Waals surface area contributed by atoms with Crippen molar-refractivity contribution in [3.8, 4) is 5.75 Å². The number of ether oxygens (including phenoxy) is 1. The Morgan fingerprint density at radius 1 is 1.47 bits per heavy atom. The van der Waals surface area contributed by atoms with Crippen molar-refractivity contribution in [1.29, 1.82) is 0 Å². The molecule has 0 saturated carbocycles. The van der Waals surface area contributed by atoms with Crippen molar-refractivity contribution in [3.63, 3.8) is 0 Å². The minimum atomic E-state index is 0.325. The molecule has 0 radical (unpaired) electrons. The van der Waals surface area contributed by atoms with Crippen LogP contribution in [-0.4, -0.2) is 35.8 Å². The van der Waals surface area contributed by atoms with Crippen LogP contribution in [-0.2, 0) is 11.3 Å². The maximum Gasteiger partial charge on any atom is 0.120 e. The van der Waals surface area contributed by atoms with Gasteiger partial charge in [0.15, 0.2) is 0 Å². The fourth-order valence-electron chi connectivity index (χ4n) is 2.55. The lowest BCUT2D eigenvalue weighted by Crippen LogP contribution is -2.39. The zero-order valence-electron chi connectivity index (χ0n) is 11.6. The van der Waals surface area contributed by atoms with Gasteiger partial charge in [-0.1, -0.05) is 6.92 Å². The quantitative estimate of drug-likeness (QED) is 0.633. The lowest BCUT2D eigenvalue weighted by atomic mass is 10.1. The van der Waals surface area contributed by atoms with Crippen LogP contribution < -0.4 is 5.73 Å². The molecule has 1 saturated heterocycles. The maximum absolute atomic E-state index is 9.86. The number of nitrogens with zero attached hydrogens (tertiary/aromatic N) is 1. The molecule has 0 aliphatic carbocycles. The number of aromatic hydroxyl groups is 1. The van der Waals surface area contributed by atoms with Crippen LogP contribution in [0.3, 0.4) is 0 Å². The second-order valence-electron chi connectivity index (χ2n) is 5.26. The van der Waals surface area contributed by atoms with Crippen molar-refractivity contribution in [3.05, 3.63) is 23.8 Å². The van der Waals surface area contributed by atoms with E-state index in [0.29, 0.717) is 17.5 Å². The second kappa shape index (κ2) is 6.78. The number of likely N-dealkylation sites (tertiary alicyclic amines) is 1. The Morgan fingerprint density at radius 2 is 2.32 bits per heavy atom. The summed E-state index contributed by atoms with van der Waals surface area (Å²) in [5.74, 6) is 0.325. The molecule has 106 valence electrons. The highest BCUT2D eigenvalue weighted by atomic mass is 16.5. The molecule has 1 fully saturated rings. The molecule has 1 aliphatic rings. The molecule has 1 aromatic rings. The number of piperidine rings is 1. The van der Waals surface area contributed by atoms with Crippen LogP contribution in [0.1, 0.15) is 31.7 Å². The summed E-state index contributed by atoms with van der Waals surface area (Å²) in [6.07, 6.45) is 3.68. The molecule has 0 spiro atoms. The van der Waals surface area contributed by atoms with Crippen LogP contribution in [0.5, 0.6) is 5.75 Å². The largest absolute Gasteiger partial charge is 0.508 e. The van der Waals surface area contributed by atoms with Gasteiger partial charge in [0.05, 0.1) is 6.10 Å². The Morgan fingerprint density at radius 3 is 3.11 bits per heavy atom. The van der Waals surface area contributed by atoms with E-state index in [4.69, 9.17) is 10.5 Å². The van der Waals surface area contributed by atoms with Gasteiger partial charge in [0.25, 0.3) is 0 Å². The molecule has 1 atom stereocenters. The molecular formula is C15H24N2O2. The molecule has 1 heterocycles. The monoisotopic (exact) mass is 264 g/mol. The van der Waals surface area contributed by atoms with E-state index >= 15 is 0 Å². The van der Waals surface area contributed by atoms with Gasteiger partial charge in [-0.25, -0.2) is 0 Å². The minimum absolute atomic E-state index is 0.325. The van der Waals surface area contributed by atoms with Gasteiger partial charge in [-0.15, -0.1) is 0 Å². The number of benzene rings is 1. The van der Waals surface area contributed by atoms with E-state index in [1.807, 2.05) is 6.07 Å². The Balaban J connectivity index is 1.93. The fraction of sp³-hybridized carbons (Fsp3) is 0.600. The minimum Gasteiger partial charge on any atom is -0.508 e. The molecule has 3 N–H and O–H groups in total. The number of anilines is 1. The number of rotatable bonds is 5. The first-order valence-corrected chi connectivity index (χ1v) is 7.10. The SMILES string of the molecule is CCCOC1CCCN(Cc2cc(N)ccc2O)C1. The number of phenols is 1. The highest BCUT2D eigenvalue weighted by molar-refractivity contribution is 5.47. The summed E-state index contributed by atoms with van der Waals surface area (Å²) in [5.41, 5.74) is 7.37. The number of hydrogen-bond donors (Lipinski definition) is 2. The van der Waals surface area contributed by atoms with Crippen molar-refractivity contribution in [1.82, 2.24) is 4.90 Å². The molecule has 2 rings (SSSR count). The van der Waals surface area contributed by atoms with E-state index in [2.05, 4.69) is 11.8 Å². The lowest BCUT2D eigenvalue weighted by Gasteiger charge is -2.32. The first kappa shape index (κ1) is 14.2. The molecule has 1 unspecified atom stereocenters. The zero-order chi connectivity index (χ0) is 13.7. The van der Waals surface area contributed by atoms with Crippen LogP contribution in [0.25, 0.3) is 0 Å². The third kappa shape index (κ3) is 4.11. The fourth-order valence-corrected chi connectivity index (χ4v) is 2.55. The summed E-state index contributed by atoms with van der Waals surface area (Å²) >= 11 is 0. The Bertz CT molecular complexity index is 409. The van der Waals surface area contributed by atoms with Crippen LogP contribution in [0.15, 0.2) is 18.2 Å². The van der Waals surface area contributed by atoms with Gasteiger partial charge in [0.1, 0.15) is 5.75 Å². The molecule has 4 nitrogen and oxygen atoms in total. The molecule has 0 aromatic heterocycles. The van der Waals surface area contributed by atoms with Gasteiger partial charge in [-0.2, -0.15) is 0 Å². The molecular weight excluding hydrogens is 240 g/mol. The van der Waals surface area contributed by atoms with Crippen molar-refractivity contribution >= 4 is 5.69 Å². The highest BCUT2D eigenvalue weighted by Crippen LogP contribution is 2.23. The first-order valence-electron chi connectivity index (χ1n) is 7.10. The maximum atomic E-state index is 9.86.